The maximum Gasteiger partial charge on any atom is 0.136 e. The van der Waals surface area contributed by atoms with Crippen molar-refractivity contribution in [3.05, 3.63) is 52.1 Å². The molecule has 2 aromatic rings. The average Bonchev–Trinajstić information content (AvgIpc) is 2.63. The lowest BCUT2D eigenvalue weighted by Crippen LogP contribution is -2.57. The van der Waals surface area contributed by atoms with Gasteiger partial charge < -0.3 is 25.2 Å². The van der Waals surface area contributed by atoms with Crippen LogP contribution in [0.2, 0.25) is 0 Å². The van der Waals surface area contributed by atoms with E-state index in [1.54, 1.807) is 0 Å². The minimum absolute atomic E-state index is 0.430. The van der Waals surface area contributed by atoms with Crippen LogP contribution in [0.5, 0.6) is 0 Å². The standard InChI is InChI=1S/C18H19IO5S/c19-12-7-3-1-5-10(12)11-6-2-4-8-14(11)25-18-17(23)16(22)15(21)13(9-20)24-18/h1-8,13,15-18,20-23H,9H2/t13-,15-,16+,17-,18?/m1/s1. The van der Waals surface area contributed by atoms with Gasteiger partial charge in [0, 0.05) is 8.47 Å². The fourth-order valence-electron chi connectivity index (χ4n) is 2.76. The van der Waals surface area contributed by atoms with E-state index in [1.165, 1.54) is 11.8 Å². The van der Waals surface area contributed by atoms with Gasteiger partial charge in [0.05, 0.1) is 6.61 Å². The molecule has 1 heterocycles. The zero-order valence-electron chi connectivity index (χ0n) is 13.2. The van der Waals surface area contributed by atoms with E-state index >= 15 is 0 Å². The summed E-state index contributed by atoms with van der Waals surface area (Å²) in [5, 5.41) is 39.5. The molecule has 0 saturated carbocycles. The first-order chi connectivity index (χ1) is 12.0. The second kappa shape index (κ2) is 8.34. The molecule has 1 fully saturated rings. The van der Waals surface area contributed by atoms with Gasteiger partial charge in [0.1, 0.15) is 29.9 Å². The molecule has 25 heavy (non-hydrogen) atoms. The van der Waals surface area contributed by atoms with E-state index in [-0.39, 0.29) is 0 Å². The molecule has 0 aromatic heterocycles. The first-order valence-electron chi connectivity index (χ1n) is 7.84. The summed E-state index contributed by atoms with van der Waals surface area (Å²) in [6.07, 6.45) is -4.87. The molecular formula is C18H19IO5S. The summed E-state index contributed by atoms with van der Waals surface area (Å²) in [7, 11) is 0. The van der Waals surface area contributed by atoms with Crippen LogP contribution in [0.4, 0.5) is 0 Å². The Hall–Kier alpha value is -0.680. The average molecular weight is 474 g/mol. The monoisotopic (exact) mass is 474 g/mol. The number of hydrogen-bond donors (Lipinski definition) is 4. The number of aliphatic hydroxyl groups is 4. The Balaban J connectivity index is 1.90. The predicted octanol–water partition coefficient (Wildman–Crippen LogP) is 1.85. The number of ether oxygens (including phenoxy) is 1. The van der Waals surface area contributed by atoms with Gasteiger partial charge in [0.2, 0.25) is 0 Å². The third kappa shape index (κ3) is 4.02. The number of rotatable bonds is 4. The van der Waals surface area contributed by atoms with E-state index in [9.17, 15) is 20.4 Å². The molecule has 0 amide bonds. The quantitative estimate of drug-likeness (QED) is 0.506. The highest BCUT2D eigenvalue weighted by Gasteiger charge is 2.43. The Morgan fingerprint density at radius 1 is 0.880 bits per heavy atom. The Morgan fingerprint density at radius 3 is 2.20 bits per heavy atom. The SMILES string of the molecule is OC[C@H]1OC(Sc2ccccc2-c2ccccc2I)[C@H](O)[C@@H](O)[C@@H]1O. The summed E-state index contributed by atoms with van der Waals surface area (Å²) in [5.41, 5.74) is 1.27. The molecule has 1 unspecified atom stereocenters. The van der Waals surface area contributed by atoms with Crippen molar-refractivity contribution in [3.8, 4) is 11.1 Å². The molecule has 1 aliphatic rings. The number of thioether (sulfide) groups is 1. The summed E-state index contributed by atoms with van der Waals surface area (Å²) < 4.78 is 6.71. The van der Waals surface area contributed by atoms with E-state index in [0.29, 0.717) is 0 Å². The van der Waals surface area contributed by atoms with Crippen LogP contribution in [-0.2, 0) is 4.74 Å². The molecule has 4 N–H and O–H groups in total. The van der Waals surface area contributed by atoms with Crippen molar-refractivity contribution in [2.24, 2.45) is 0 Å². The largest absolute Gasteiger partial charge is 0.394 e. The molecule has 134 valence electrons. The number of benzene rings is 2. The van der Waals surface area contributed by atoms with Gasteiger partial charge in [-0.15, -0.1) is 0 Å². The van der Waals surface area contributed by atoms with Gasteiger partial charge in [0.25, 0.3) is 0 Å². The van der Waals surface area contributed by atoms with E-state index < -0.39 is 36.5 Å². The normalized spacial score (nSPS) is 29.6. The summed E-state index contributed by atoms with van der Waals surface area (Å²) in [5.74, 6) is 0. The van der Waals surface area contributed by atoms with Gasteiger partial charge in [-0.1, -0.05) is 48.2 Å². The van der Waals surface area contributed by atoms with Crippen molar-refractivity contribution in [2.75, 3.05) is 6.61 Å². The fraction of sp³-hybridized carbons (Fsp3) is 0.333. The van der Waals surface area contributed by atoms with Crippen molar-refractivity contribution in [1.82, 2.24) is 0 Å². The molecule has 1 saturated heterocycles. The lowest BCUT2D eigenvalue weighted by atomic mass is 10.0. The molecule has 1 aliphatic heterocycles. The molecule has 5 nitrogen and oxygen atoms in total. The Labute approximate surface area is 163 Å². The van der Waals surface area contributed by atoms with Crippen LogP contribution in [0, 0.1) is 3.57 Å². The lowest BCUT2D eigenvalue weighted by molar-refractivity contribution is -0.205. The molecule has 0 bridgehead atoms. The third-order valence-corrected chi connectivity index (χ3v) is 6.32. The van der Waals surface area contributed by atoms with Gasteiger partial charge in [0.15, 0.2) is 0 Å². The zero-order valence-corrected chi connectivity index (χ0v) is 16.2. The van der Waals surface area contributed by atoms with Crippen LogP contribution in [0.1, 0.15) is 0 Å². The highest BCUT2D eigenvalue weighted by molar-refractivity contribution is 14.1. The maximum atomic E-state index is 10.3. The highest BCUT2D eigenvalue weighted by Crippen LogP contribution is 2.39. The predicted molar refractivity (Wildman–Crippen MR) is 104 cm³/mol. The number of hydrogen-bond acceptors (Lipinski definition) is 6. The summed E-state index contributed by atoms with van der Waals surface area (Å²) >= 11 is 3.54. The van der Waals surface area contributed by atoms with Gasteiger partial charge in [-0.25, -0.2) is 0 Å². The molecule has 0 spiro atoms. The smallest absolute Gasteiger partial charge is 0.136 e. The maximum absolute atomic E-state index is 10.3. The van der Waals surface area contributed by atoms with Crippen molar-refractivity contribution in [2.45, 2.75) is 34.7 Å². The highest BCUT2D eigenvalue weighted by atomic mass is 127. The fourth-order valence-corrected chi connectivity index (χ4v) is 4.65. The van der Waals surface area contributed by atoms with Gasteiger partial charge in [-0.2, -0.15) is 0 Å². The van der Waals surface area contributed by atoms with E-state index in [4.69, 9.17) is 4.74 Å². The summed E-state index contributed by atoms with van der Waals surface area (Å²) in [4.78, 5) is 0.885. The van der Waals surface area contributed by atoms with E-state index in [1.807, 2.05) is 48.5 Å². The zero-order chi connectivity index (χ0) is 18.0. The van der Waals surface area contributed by atoms with Crippen molar-refractivity contribution < 1.29 is 25.2 Å². The summed E-state index contributed by atoms with van der Waals surface area (Å²) in [6.45, 7) is -0.430. The van der Waals surface area contributed by atoms with E-state index in [0.717, 1.165) is 19.6 Å². The van der Waals surface area contributed by atoms with Crippen LogP contribution < -0.4 is 0 Å². The Bertz CT molecular complexity index is 726. The van der Waals surface area contributed by atoms with Crippen LogP contribution in [0.25, 0.3) is 11.1 Å². The van der Waals surface area contributed by atoms with E-state index in [2.05, 4.69) is 22.6 Å². The molecular weight excluding hydrogens is 455 g/mol. The number of halogens is 1. The first kappa shape index (κ1) is 19.1. The Kier molecular flexibility index (Phi) is 6.37. The lowest BCUT2D eigenvalue weighted by Gasteiger charge is -2.39. The molecule has 2 aromatic carbocycles. The molecule has 0 radical (unpaired) electrons. The Morgan fingerprint density at radius 2 is 1.52 bits per heavy atom. The minimum atomic E-state index is -1.37. The second-order valence-corrected chi connectivity index (χ2v) is 8.09. The molecule has 0 aliphatic carbocycles. The van der Waals surface area contributed by atoms with Crippen LogP contribution in [-0.4, -0.2) is 56.9 Å². The first-order valence-corrected chi connectivity index (χ1v) is 9.80. The van der Waals surface area contributed by atoms with Gasteiger partial charge in [-0.05, 0) is 45.9 Å². The van der Waals surface area contributed by atoms with Gasteiger partial charge in [-0.3, -0.25) is 0 Å². The third-order valence-electron chi connectivity index (χ3n) is 4.14. The van der Waals surface area contributed by atoms with Crippen LogP contribution in [0.3, 0.4) is 0 Å². The van der Waals surface area contributed by atoms with Crippen molar-refractivity contribution in [1.29, 1.82) is 0 Å². The number of aliphatic hydroxyl groups excluding tert-OH is 4. The van der Waals surface area contributed by atoms with Gasteiger partial charge >= 0.3 is 0 Å². The van der Waals surface area contributed by atoms with Crippen molar-refractivity contribution >= 4 is 34.4 Å². The second-order valence-electron chi connectivity index (χ2n) is 5.79. The van der Waals surface area contributed by atoms with Crippen LogP contribution >= 0.6 is 34.4 Å². The summed E-state index contributed by atoms with van der Waals surface area (Å²) in [6, 6.07) is 15.7. The van der Waals surface area contributed by atoms with Crippen molar-refractivity contribution in [3.63, 3.8) is 0 Å². The topological polar surface area (TPSA) is 90.2 Å². The van der Waals surface area contributed by atoms with Crippen LogP contribution in [0.15, 0.2) is 53.4 Å². The molecule has 7 heteroatoms. The minimum Gasteiger partial charge on any atom is -0.394 e. The molecule has 5 atom stereocenters. The molecule has 3 rings (SSSR count).